The third kappa shape index (κ3) is 1.70. The van der Waals surface area contributed by atoms with Gasteiger partial charge in [0.15, 0.2) is 0 Å². The molecule has 18 heavy (non-hydrogen) atoms. The maximum Gasteiger partial charge on any atom is 0.122 e. The third-order valence-electron chi connectivity index (χ3n) is 3.27. The van der Waals surface area contributed by atoms with Crippen molar-refractivity contribution in [3.05, 3.63) is 35.0 Å². The Balaban J connectivity index is 2.66. The number of nitrogens with zero attached hydrogens (tertiary/aromatic N) is 1. The number of aromatic amines is 1. The molecule has 4 nitrogen and oxygen atoms in total. The van der Waals surface area contributed by atoms with Crippen molar-refractivity contribution in [1.82, 2.24) is 4.98 Å². The minimum Gasteiger partial charge on any atom is -0.496 e. The maximum atomic E-state index is 9.14. The Kier molecular flexibility index (Phi) is 2.99. The van der Waals surface area contributed by atoms with E-state index in [0.29, 0.717) is 11.4 Å². The summed E-state index contributed by atoms with van der Waals surface area (Å²) in [6, 6.07) is 5.98. The number of nitriles is 1. The van der Waals surface area contributed by atoms with Crippen molar-refractivity contribution in [2.24, 2.45) is 0 Å². The van der Waals surface area contributed by atoms with Gasteiger partial charge in [-0.2, -0.15) is 5.26 Å². The van der Waals surface area contributed by atoms with E-state index in [9.17, 15) is 0 Å². The van der Waals surface area contributed by atoms with Gasteiger partial charge in [-0.15, -0.1) is 0 Å². The molecule has 0 aliphatic carbocycles. The van der Waals surface area contributed by atoms with Gasteiger partial charge in [0.1, 0.15) is 23.2 Å². The summed E-state index contributed by atoms with van der Waals surface area (Å²) in [6.07, 6.45) is 1.77. The van der Waals surface area contributed by atoms with Crippen LogP contribution in [0.4, 0.5) is 5.82 Å². The molecular formula is C14H15N3O. The number of rotatable bonds is 2. The molecule has 0 radical (unpaired) electrons. The zero-order valence-corrected chi connectivity index (χ0v) is 10.7. The summed E-state index contributed by atoms with van der Waals surface area (Å²) >= 11 is 0. The summed E-state index contributed by atoms with van der Waals surface area (Å²) in [6.45, 7) is 4.01. The fourth-order valence-corrected chi connectivity index (χ4v) is 2.08. The second-order valence-corrected chi connectivity index (χ2v) is 4.17. The molecule has 0 amide bonds. The van der Waals surface area contributed by atoms with Crippen LogP contribution in [0, 0.1) is 25.2 Å². The van der Waals surface area contributed by atoms with Gasteiger partial charge in [-0.05, 0) is 36.6 Å². The largest absolute Gasteiger partial charge is 0.496 e. The highest BCUT2D eigenvalue weighted by Gasteiger charge is 2.14. The van der Waals surface area contributed by atoms with Crippen LogP contribution in [0.15, 0.2) is 18.3 Å². The molecule has 0 bridgehead atoms. The molecule has 1 aromatic carbocycles. The molecule has 2 aromatic rings. The van der Waals surface area contributed by atoms with Crippen LogP contribution in [-0.4, -0.2) is 12.1 Å². The molecular weight excluding hydrogens is 226 g/mol. The van der Waals surface area contributed by atoms with Crippen molar-refractivity contribution in [3.63, 3.8) is 0 Å². The van der Waals surface area contributed by atoms with Crippen molar-refractivity contribution < 1.29 is 4.74 Å². The second-order valence-electron chi connectivity index (χ2n) is 4.17. The molecule has 0 aliphatic rings. The SMILES string of the molecule is COc1ccc(-c2c[nH]c(N)c2C#N)c(C)c1C. The average Bonchev–Trinajstić information content (AvgIpc) is 2.73. The van der Waals surface area contributed by atoms with Crippen molar-refractivity contribution in [3.8, 4) is 22.9 Å². The number of nitrogens with one attached hydrogen (secondary N) is 1. The number of H-pyrrole nitrogens is 1. The minimum atomic E-state index is 0.403. The Morgan fingerprint density at radius 2 is 1.94 bits per heavy atom. The van der Waals surface area contributed by atoms with Crippen LogP contribution in [0.25, 0.3) is 11.1 Å². The Morgan fingerprint density at radius 1 is 1.22 bits per heavy atom. The maximum absolute atomic E-state index is 9.14. The predicted molar refractivity (Wildman–Crippen MR) is 71.4 cm³/mol. The van der Waals surface area contributed by atoms with Gasteiger partial charge < -0.3 is 15.5 Å². The second kappa shape index (κ2) is 4.46. The number of hydrogen-bond acceptors (Lipinski definition) is 3. The lowest BCUT2D eigenvalue weighted by molar-refractivity contribution is 0.411. The summed E-state index contributed by atoms with van der Waals surface area (Å²) in [5.41, 5.74) is 10.2. The van der Waals surface area contributed by atoms with Crippen molar-refractivity contribution >= 4 is 5.82 Å². The number of hydrogen-bond donors (Lipinski definition) is 2. The zero-order valence-electron chi connectivity index (χ0n) is 10.7. The molecule has 0 saturated heterocycles. The summed E-state index contributed by atoms with van der Waals surface area (Å²) < 4.78 is 5.28. The fourth-order valence-electron chi connectivity index (χ4n) is 2.08. The Labute approximate surface area is 106 Å². The highest BCUT2D eigenvalue weighted by molar-refractivity contribution is 5.79. The fraction of sp³-hybridized carbons (Fsp3) is 0.214. The molecule has 4 heteroatoms. The van der Waals surface area contributed by atoms with Crippen LogP contribution >= 0.6 is 0 Å². The molecule has 1 aromatic heterocycles. The molecule has 0 saturated carbocycles. The standard InChI is InChI=1S/C14H15N3O/c1-8-9(2)13(18-3)5-4-10(8)12-7-17-14(16)11(12)6-15/h4-5,7,17H,16H2,1-3H3. The number of nitrogen functional groups attached to an aromatic ring is 1. The highest BCUT2D eigenvalue weighted by atomic mass is 16.5. The lowest BCUT2D eigenvalue weighted by Crippen LogP contribution is -1.94. The molecule has 0 atom stereocenters. The van der Waals surface area contributed by atoms with Crippen LogP contribution in [0.2, 0.25) is 0 Å². The Morgan fingerprint density at radius 3 is 2.56 bits per heavy atom. The normalized spacial score (nSPS) is 10.1. The van der Waals surface area contributed by atoms with E-state index in [4.69, 9.17) is 15.7 Å². The van der Waals surface area contributed by atoms with Gasteiger partial charge in [-0.25, -0.2) is 0 Å². The van der Waals surface area contributed by atoms with Gasteiger partial charge in [0.25, 0.3) is 0 Å². The number of aromatic nitrogens is 1. The van der Waals surface area contributed by atoms with E-state index >= 15 is 0 Å². The van der Waals surface area contributed by atoms with Gasteiger partial charge in [0.05, 0.1) is 7.11 Å². The number of anilines is 1. The highest BCUT2D eigenvalue weighted by Crippen LogP contribution is 2.34. The first-order valence-electron chi connectivity index (χ1n) is 5.61. The van der Waals surface area contributed by atoms with E-state index < -0.39 is 0 Å². The lowest BCUT2D eigenvalue weighted by atomic mass is 9.96. The van der Waals surface area contributed by atoms with E-state index in [1.807, 2.05) is 26.0 Å². The van der Waals surface area contributed by atoms with Crippen LogP contribution in [-0.2, 0) is 0 Å². The van der Waals surface area contributed by atoms with Gasteiger partial charge in [-0.3, -0.25) is 0 Å². The van der Waals surface area contributed by atoms with E-state index in [-0.39, 0.29) is 0 Å². The van der Waals surface area contributed by atoms with Crippen LogP contribution in [0.5, 0.6) is 5.75 Å². The Hall–Kier alpha value is -2.41. The van der Waals surface area contributed by atoms with Crippen LogP contribution in [0.1, 0.15) is 16.7 Å². The molecule has 0 spiro atoms. The smallest absolute Gasteiger partial charge is 0.122 e. The molecule has 3 N–H and O–H groups in total. The van der Waals surface area contributed by atoms with Gasteiger partial charge in [0, 0.05) is 11.8 Å². The average molecular weight is 241 g/mol. The van der Waals surface area contributed by atoms with Crippen molar-refractivity contribution in [1.29, 1.82) is 5.26 Å². The monoisotopic (exact) mass is 241 g/mol. The van der Waals surface area contributed by atoms with E-state index in [0.717, 1.165) is 28.0 Å². The van der Waals surface area contributed by atoms with Gasteiger partial charge in [-0.1, -0.05) is 6.07 Å². The summed E-state index contributed by atoms with van der Waals surface area (Å²) in [5.74, 6) is 1.25. The predicted octanol–water partition coefficient (Wildman–Crippen LogP) is 2.76. The lowest BCUT2D eigenvalue weighted by Gasteiger charge is -2.12. The minimum absolute atomic E-state index is 0.403. The number of ether oxygens (including phenoxy) is 1. The van der Waals surface area contributed by atoms with Crippen LogP contribution < -0.4 is 10.5 Å². The van der Waals surface area contributed by atoms with Crippen molar-refractivity contribution in [2.45, 2.75) is 13.8 Å². The summed E-state index contributed by atoms with van der Waals surface area (Å²) in [7, 11) is 1.65. The Bertz CT molecular complexity index is 635. The van der Waals surface area contributed by atoms with Crippen LogP contribution in [0.3, 0.4) is 0 Å². The zero-order chi connectivity index (χ0) is 13.3. The summed E-state index contributed by atoms with van der Waals surface area (Å²) in [4.78, 5) is 2.89. The molecule has 2 rings (SSSR count). The first kappa shape index (κ1) is 12.1. The van der Waals surface area contributed by atoms with E-state index in [1.54, 1.807) is 13.3 Å². The molecule has 0 aliphatic heterocycles. The number of methoxy groups -OCH3 is 1. The molecule has 0 fully saturated rings. The quantitative estimate of drug-likeness (QED) is 0.848. The van der Waals surface area contributed by atoms with Gasteiger partial charge in [0.2, 0.25) is 0 Å². The topological polar surface area (TPSA) is 74.8 Å². The molecule has 0 unspecified atom stereocenters. The van der Waals surface area contributed by atoms with E-state index in [2.05, 4.69) is 11.1 Å². The van der Waals surface area contributed by atoms with E-state index in [1.165, 1.54) is 0 Å². The third-order valence-corrected chi connectivity index (χ3v) is 3.27. The molecule has 92 valence electrons. The van der Waals surface area contributed by atoms with Gasteiger partial charge >= 0.3 is 0 Å². The first-order chi connectivity index (χ1) is 8.60. The summed E-state index contributed by atoms with van der Waals surface area (Å²) in [5, 5.41) is 9.14. The first-order valence-corrected chi connectivity index (χ1v) is 5.61. The van der Waals surface area contributed by atoms with Crippen molar-refractivity contribution in [2.75, 3.05) is 12.8 Å². The number of benzene rings is 1. The number of nitrogens with two attached hydrogens (primary N) is 1. The molecule has 1 heterocycles.